The number of carbonyl (C=O) groups is 1. The predicted molar refractivity (Wildman–Crippen MR) is 123 cm³/mol. The molecule has 2 aromatic carbocycles. The summed E-state index contributed by atoms with van der Waals surface area (Å²) >= 11 is 0.958. The minimum Gasteiger partial charge on any atom is -0.284 e. The number of pyridine rings is 1. The fourth-order valence-electron chi connectivity index (χ4n) is 3.31. The summed E-state index contributed by atoms with van der Waals surface area (Å²) in [6.07, 6.45) is 3.02. The lowest BCUT2D eigenvalue weighted by molar-refractivity contribution is -0.118. The van der Waals surface area contributed by atoms with Gasteiger partial charge in [-0.15, -0.1) is 0 Å². The van der Waals surface area contributed by atoms with E-state index in [1.165, 1.54) is 17.0 Å². The van der Waals surface area contributed by atoms with Gasteiger partial charge in [-0.25, -0.2) is 26.6 Å². The second-order valence-electron chi connectivity index (χ2n) is 7.45. The second-order valence-corrected chi connectivity index (χ2v) is 10.6. The molecule has 34 heavy (non-hydrogen) atoms. The van der Waals surface area contributed by atoms with Crippen LogP contribution in [0, 0.1) is 17.5 Å². The maximum Gasteiger partial charge on any atom is 0.229 e. The minimum absolute atomic E-state index is 0.00989. The average Bonchev–Trinajstić information content (AvgIpc) is 3.22. The van der Waals surface area contributed by atoms with Crippen LogP contribution in [0.15, 0.2) is 65.8 Å². The Labute approximate surface area is 197 Å². The number of fused-ring (bicyclic) bond motifs is 1. The zero-order valence-electron chi connectivity index (χ0n) is 17.6. The first-order valence-electron chi connectivity index (χ1n) is 10.2. The number of halogens is 3. The first kappa shape index (κ1) is 23.8. The van der Waals surface area contributed by atoms with Gasteiger partial charge in [0.15, 0.2) is 20.8 Å². The van der Waals surface area contributed by atoms with E-state index in [4.69, 9.17) is 0 Å². The Bertz CT molecular complexity index is 1430. The summed E-state index contributed by atoms with van der Waals surface area (Å²) < 4.78 is 66.1. The number of aromatic nitrogens is 2. The number of carbonyl (C=O) groups excluding carboxylic acids is 1. The van der Waals surface area contributed by atoms with Crippen LogP contribution in [-0.4, -0.2) is 30.0 Å². The lowest BCUT2D eigenvalue weighted by atomic mass is 10.2. The van der Waals surface area contributed by atoms with E-state index >= 15 is 0 Å². The third kappa shape index (κ3) is 5.42. The molecule has 0 unspecified atom stereocenters. The number of hydrogen-bond acceptors (Lipinski definition) is 6. The normalized spacial score (nSPS) is 11.6. The van der Waals surface area contributed by atoms with E-state index in [9.17, 15) is 26.4 Å². The maximum absolute atomic E-state index is 14.2. The molecule has 0 radical (unpaired) electrons. The van der Waals surface area contributed by atoms with E-state index in [2.05, 4.69) is 9.97 Å². The van der Waals surface area contributed by atoms with Crippen molar-refractivity contribution in [3.05, 3.63) is 83.9 Å². The second kappa shape index (κ2) is 9.90. The van der Waals surface area contributed by atoms with Crippen LogP contribution in [0.5, 0.6) is 0 Å². The van der Waals surface area contributed by atoms with E-state index in [1.54, 1.807) is 24.5 Å². The number of benzene rings is 2. The summed E-state index contributed by atoms with van der Waals surface area (Å²) in [4.78, 5) is 22.6. The maximum atomic E-state index is 14.2. The minimum atomic E-state index is -3.70. The van der Waals surface area contributed by atoms with Crippen molar-refractivity contribution in [3.8, 4) is 0 Å². The summed E-state index contributed by atoms with van der Waals surface area (Å²) in [5, 5.41) is 0.162. The van der Waals surface area contributed by atoms with E-state index in [-0.39, 0.29) is 45.4 Å². The Balaban J connectivity index is 1.55. The van der Waals surface area contributed by atoms with Gasteiger partial charge in [0.1, 0.15) is 17.2 Å². The van der Waals surface area contributed by atoms with Crippen LogP contribution >= 0.6 is 11.3 Å². The molecule has 176 valence electrons. The van der Waals surface area contributed by atoms with Gasteiger partial charge >= 0.3 is 0 Å². The molecular weight excluding hydrogens is 487 g/mol. The van der Waals surface area contributed by atoms with Gasteiger partial charge in [0.05, 0.1) is 21.9 Å². The number of nitrogens with zero attached hydrogens (tertiary/aromatic N) is 3. The smallest absolute Gasteiger partial charge is 0.229 e. The monoisotopic (exact) mass is 505 g/mol. The van der Waals surface area contributed by atoms with Crippen molar-refractivity contribution in [3.63, 3.8) is 0 Å². The Hall–Kier alpha value is -3.31. The SMILES string of the molecule is O=C(CCCS(=O)(=O)c1ccc(F)cc1)N(Cc1cccnc1)c1nc2c(F)cc(F)cc2s1. The molecular formula is C23H18F3N3O3S2. The topological polar surface area (TPSA) is 80.2 Å². The lowest BCUT2D eigenvalue weighted by Gasteiger charge is -2.20. The quantitative estimate of drug-likeness (QED) is 0.319. The predicted octanol–water partition coefficient (Wildman–Crippen LogP) is 4.90. The molecule has 0 aliphatic heterocycles. The highest BCUT2D eigenvalue weighted by molar-refractivity contribution is 7.91. The third-order valence-electron chi connectivity index (χ3n) is 4.97. The van der Waals surface area contributed by atoms with Crippen LogP contribution in [0.2, 0.25) is 0 Å². The first-order valence-corrected chi connectivity index (χ1v) is 12.6. The third-order valence-corrected chi connectivity index (χ3v) is 7.82. The largest absolute Gasteiger partial charge is 0.284 e. The number of anilines is 1. The molecule has 2 aromatic heterocycles. The van der Waals surface area contributed by atoms with Crippen LogP contribution in [0.25, 0.3) is 10.2 Å². The van der Waals surface area contributed by atoms with E-state index in [0.29, 0.717) is 5.56 Å². The van der Waals surface area contributed by atoms with Crippen LogP contribution in [0.4, 0.5) is 18.3 Å². The van der Waals surface area contributed by atoms with Crippen molar-refractivity contribution in [1.82, 2.24) is 9.97 Å². The molecule has 0 spiro atoms. The summed E-state index contributed by atoms with van der Waals surface area (Å²) in [7, 11) is -3.70. The van der Waals surface area contributed by atoms with Crippen molar-refractivity contribution < 1.29 is 26.4 Å². The van der Waals surface area contributed by atoms with Gasteiger partial charge < -0.3 is 0 Å². The first-order chi connectivity index (χ1) is 16.2. The molecule has 0 saturated carbocycles. The van der Waals surface area contributed by atoms with Gasteiger partial charge in [-0.05, 0) is 48.4 Å². The van der Waals surface area contributed by atoms with Crippen molar-refractivity contribution >= 4 is 42.4 Å². The van der Waals surface area contributed by atoms with Crippen LogP contribution in [-0.2, 0) is 21.2 Å². The number of hydrogen-bond donors (Lipinski definition) is 0. The molecule has 0 bridgehead atoms. The highest BCUT2D eigenvalue weighted by Crippen LogP contribution is 2.32. The molecule has 11 heteroatoms. The highest BCUT2D eigenvalue weighted by atomic mass is 32.2. The fourth-order valence-corrected chi connectivity index (χ4v) is 5.64. The number of thiazole rings is 1. The van der Waals surface area contributed by atoms with Crippen molar-refractivity contribution in [2.75, 3.05) is 10.7 Å². The Morgan fingerprint density at radius 3 is 2.50 bits per heavy atom. The number of rotatable bonds is 8. The zero-order valence-corrected chi connectivity index (χ0v) is 19.3. The van der Waals surface area contributed by atoms with E-state index in [0.717, 1.165) is 35.6 Å². The number of amides is 1. The molecule has 0 saturated heterocycles. The Kier molecular flexibility index (Phi) is 6.94. The van der Waals surface area contributed by atoms with Crippen molar-refractivity contribution in [2.45, 2.75) is 24.3 Å². The average molecular weight is 506 g/mol. The van der Waals surface area contributed by atoms with Crippen molar-refractivity contribution in [2.24, 2.45) is 0 Å². The molecule has 0 fully saturated rings. The van der Waals surface area contributed by atoms with Crippen LogP contribution < -0.4 is 4.90 Å². The number of sulfone groups is 1. The molecule has 2 heterocycles. The lowest BCUT2D eigenvalue weighted by Crippen LogP contribution is -2.30. The highest BCUT2D eigenvalue weighted by Gasteiger charge is 2.23. The molecule has 4 aromatic rings. The molecule has 0 aliphatic carbocycles. The van der Waals surface area contributed by atoms with E-state index in [1.807, 2.05) is 0 Å². The van der Waals surface area contributed by atoms with Crippen molar-refractivity contribution in [1.29, 1.82) is 0 Å². The van der Waals surface area contributed by atoms with Gasteiger partial charge in [0.25, 0.3) is 0 Å². The molecule has 0 aliphatic rings. The zero-order chi connectivity index (χ0) is 24.3. The Morgan fingerprint density at radius 1 is 1.03 bits per heavy atom. The molecule has 4 rings (SSSR count). The summed E-state index contributed by atoms with van der Waals surface area (Å²) in [5.41, 5.74) is 0.630. The fraction of sp³-hybridized carbons (Fsp3) is 0.174. The van der Waals surface area contributed by atoms with Gasteiger partial charge in [-0.1, -0.05) is 17.4 Å². The summed E-state index contributed by atoms with van der Waals surface area (Å²) in [6, 6.07) is 9.78. The van der Waals surface area contributed by atoms with Gasteiger partial charge in [0, 0.05) is 24.9 Å². The molecule has 0 N–H and O–H groups in total. The summed E-state index contributed by atoms with van der Waals surface area (Å²) in [6.45, 7) is 0.0707. The molecule has 6 nitrogen and oxygen atoms in total. The van der Waals surface area contributed by atoms with E-state index < -0.39 is 33.2 Å². The van der Waals surface area contributed by atoms with Crippen LogP contribution in [0.1, 0.15) is 18.4 Å². The molecule has 0 atom stereocenters. The summed E-state index contributed by atoms with van der Waals surface area (Å²) in [5.74, 6) is -2.89. The standard InChI is InChI=1S/C23H18F3N3O3S2/c24-16-5-7-18(8-6-16)34(31,32)10-2-4-21(30)29(14-15-3-1-9-27-13-15)23-28-22-19(26)11-17(25)12-20(22)33-23/h1,3,5-9,11-13H,2,4,10,14H2. The Morgan fingerprint density at radius 2 is 1.79 bits per heavy atom. The van der Waals surface area contributed by atoms with Crippen LogP contribution in [0.3, 0.4) is 0 Å². The van der Waals surface area contributed by atoms with Gasteiger partial charge in [-0.3, -0.25) is 14.7 Å². The molecule has 1 amide bonds. The van der Waals surface area contributed by atoms with Gasteiger partial charge in [0.2, 0.25) is 5.91 Å². The van der Waals surface area contributed by atoms with Gasteiger partial charge in [-0.2, -0.15) is 0 Å².